The van der Waals surface area contributed by atoms with Gasteiger partial charge in [0.25, 0.3) is 0 Å². The normalized spacial score (nSPS) is 19.0. The van der Waals surface area contributed by atoms with Crippen molar-refractivity contribution in [3.8, 4) is 11.3 Å². The number of halogens is 2. The molecule has 3 heterocycles. The standard InChI is InChI=1S/C26H30F2N6O/c1-16(2)34-7-5-21(6-8-34)31-24-15-29-14-22(32-24)17-3-4-18-13-30-23(10-19(18)9-17)33-25(35)20-11-26(27,28)12-20/h3-4,9-10,13-16,20-21H,5-8,11-12H2,1-2H3,(H,31,32)(H,30,33,35). The fraction of sp³-hybridized carbons (Fsp3) is 0.462. The molecule has 2 N–H and O–H groups in total. The fourth-order valence-corrected chi connectivity index (χ4v) is 4.79. The molecule has 35 heavy (non-hydrogen) atoms. The lowest BCUT2D eigenvalue weighted by atomic mass is 9.81. The molecule has 1 aromatic carbocycles. The molecule has 2 aromatic heterocycles. The fourth-order valence-electron chi connectivity index (χ4n) is 4.79. The summed E-state index contributed by atoms with van der Waals surface area (Å²) in [5, 5.41) is 7.98. The molecule has 1 aliphatic heterocycles. The largest absolute Gasteiger partial charge is 0.366 e. The van der Waals surface area contributed by atoms with Gasteiger partial charge in [0.2, 0.25) is 11.8 Å². The molecule has 184 valence electrons. The van der Waals surface area contributed by atoms with E-state index in [1.165, 1.54) is 0 Å². The molecule has 1 aliphatic carbocycles. The molecule has 9 heteroatoms. The molecule has 2 fully saturated rings. The van der Waals surface area contributed by atoms with Gasteiger partial charge >= 0.3 is 0 Å². The zero-order valence-electron chi connectivity index (χ0n) is 20.0. The molecule has 5 rings (SSSR count). The van der Waals surface area contributed by atoms with Crippen LogP contribution in [-0.4, -0.2) is 56.9 Å². The number of aromatic nitrogens is 3. The van der Waals surface area contributed by atoms with Crippen LogP contribution in [0.4, 0.5) is 20.4 Å². The monoisotopic (exact) mass is 480 g/mol. The second-order valence-electron chi connectivity index (χ2n) is 9.92. The van der Waals surface area contributed by atoms with E-state index in [4.69, 9.17) is 4.98 Å². The third-order valence-electron chi connectivity index (χ3n) is 6.98. The number of rotatable bonds is 6. The lowest BCUT2D eigenvalue weighted by Crippen LogP contribution is -2.42. The van der Waals surface area contributed by atoms with Gasteiger partial charge in [-0.25, -0.2) is 18.7 Å². The highest BCUT2D eigenvalue weighted by Gasteiger charge is 2.48. The smallest absolute Gasteiger partial charge is 0.249 e. The summed E-state index contributed by atoms with van der Waals surface area (Å²) in [6, 6.07) is 8.58. The maximum atomic E-state index is 13.1. The van der Waals surface area contributed by atoms with Gasteiger partial charge in [-0.15, -0.1) is 0 Å². The van der Waals surface area contributed by atoms with Gasteiger partial charge in [0.15, 0.2) is 0 Å². The quantitative estimate of drug-likeness (QED) is 0.519. The lowest BCUT2D eigenvalue weighted by Gasteiger charge is -2.35. The summed E-state index contributed by atoms with van der Waals surface area (Å²) in [6.07, 6.45) is 6.47. The van der Waals surface area contributed by atoms with Gasteiger partial charge in [-0.05, 0) is 44.2 Å². The highest BCUT2D eigenvalue weighted by molar-refractivity contribution is 5.95. The number of hydrogen-bond donors (Lipinski definition) is 2. The van der Waals surface area contributed by atoms with Crippen molar-refractivity contribution >= 4 is 28.3 Å². The molecule has 0 unspecified atom stereocenters. The Kier molecular flexibility index (Phi) is 6.35. The molecule has 0 atom stereocenters. The number of hydrogen-bond acceptors (Lipinski definition) is 6. The summed E-state index contributed by atoms with van der Waals surface area (Å²) < 4.78 is 26.2. The van der Waals surface area contributed by atoms with Crippen LogP contribution in [0.2, 0.25) is 0 Å². The van der Waals surface area contributed by atoms with Gasteiger partial charge in [-0.3, -0.25) is 9.78 Å². The van der Waals surface area contributed by atoms with E-state index in [-0.39, 0.29) is 0 Å². The number of benzene rings is 1. The Bertz CT molecular complexity index is 1220. The van der Waals surface area contributed by atoms with Crippen LogP contribution in [0.1, 0.15) is 39.5 Å². The van der Waals surface area contributed by atoms with Crippen LogP contribution in [0.25, 0.3) is 22.0 Å². The molecular weight excluding hydrogens is 450 g/mol. The van der Waals surface area contributed by atoms with Crippen molar-refractivity contribution in [1.29, 1.82) is 0 Å². The van der Waals surface area contributed by atoms with Gasteiger partial charge in [0, 0.05) is 61.1 Å². The van der Waals surface area contributed by atoms with Crippen molar-refractivity contribution < 1.29 is 13.6 Å². The van der Waals surface area contributed by atoms with E-state index >= 15 is 0 Å². The van der Waals surface area contributed by atoms with E-state index in [1.807, 2.05) is 18.2 Å². The molecule has 0 radical (unpaired) electrons. The number of nitrogens with one attached hydrogen (secondary N) is 2. The third kappa shape index (κ3) is 5.40. The first-order chi connectivity index (χ1) is 16.8. The first-order valence-corrected chi connectivity index (χ1v) is 12.2. The van der Waals surface area contributed by atoms with Crippen molar-refractivity contribution in [3.63, 3.8) is 0 Å². The van der Waals surface area contributed by atoms with Crippen molar-refractivity contribution in [3.05, 3.63) is 42.9 Å². The number of amides is 1. The molecule has 0 spiro atoms. The Balaban J connectivity index is 1.28. The minimum atomic E-state index is -2.73. The van der Waals surface area contributed by atoms with Gasteiger partial charge in [-0.1, -0.05) is 12.1 Å². The van der Waals surface area contributed by atoms with E-state index < -0.39 is 30.6 Å². The van der Waals surface area contributed by atoms with E-state index in [0.717, 1.165) is 53.8 Å². The Morgan fingerprint density at radius 1 is 1.06 bits per heavy atom. The van der Waals surface area contributed by atoms with Gasteiger partial charge in [0.1, 0.15) is 11.6 Å². The number of pyridine rings is 1. The molecular formula is C26H30F2N6O. The second-order valence-corrected chi connectivity index (χ2v) is 9.92. The highest BCUT2D eigenvalue weighted by Crippen LogP contribution is 2.42. The summed E-state index contributed by atoms with van der Waals surface area (Å²) in [7, 11) is 0. The summed E-state index contributed by atoms with van der Waals surface area (Å²) in [5.41, 5.74) is 1.64. The van der Waals surface area contributed by atoms with Crippen molar-refractivity contribution in [2.24, 2.45) is 5.92 Å². The molecule has 1 amide bonds. The first-order valence-electron chi connectivity index (χ1n) is 12.2. The number of nitrogens with zero attached hydrogens (tertiary/aromatic N) is 4. The predicted octanol–water partition coefficient (Wildman–Crippen LogP) is 4.96. The maximum absolute atomic E-state index is 13.1. The molecule has 3 aromatic rings. The van der Waals surface area contributed by atoms with E-state index in [9.17, 15) is 13.6 Å². The van der Waals surface area contributed by atoms with E-state index in [0.29, 0.717) is 17.9 Å². The number of anilines is 2. The van der Waals surface area contributed by atoms with E-state index in [1.54, 1.807) is 24.7 Å². The van der Waals surface area contributed by atoms with Crippen LogP contribution in [-0.2, 0) is 4.79 Å². The Hall–Kier alpha value is -3.20. The summed E-state index contributed by atoms with van der Waals surface area (Å²) in [5.74, 6) is -2.71. The molecule has 1 saturated carbocycles. The van der Waals surface area contributed by atoms with Crippen LogP contribution in [0.3, 0.4) is 0 Å². The maximum Gasteiger partial charge on any atom is 0.249 e. The van der Waals surface area contributed by atoms with Crippen molar-refractivity contribution in [2.75, 3.05) is 23.7 Å². The number of fused-ring (bicyclic) bond motifs is 1. The third-order valence-corrected chi connectivity index (χ3v) is 6.98. The minimum Gasteiger partial charge on any atom is -0.366 e. The number of carbonyl (C=O) groups is 1. The van der Waals surface area contributed by atoms with Crippen LogP contribution < -0.4 is 10.6 Å². The number of carbonyl (C=O) groups excluding carboxylic acids is 1. The van der Waals surface area contributed by atoms with Gasteiger partial charge in [0.05, 0.1) is 18.1 Å². The number of likely N-dealkylation sites (tertiary alicyclic amines) is 1. The average molecular weight is 481 g/mol. The van der Waals surface area contributed by atoms with Crippen LogP contribution >= 0.6 is 0 Å². The van der Waals surface area contributed by atoms with Crippen LogP contribution in [0, 0.1) is 5.92 Å². The number of piperidine rings is 1. The molecule has 1 saturated heterocycles. The van der Waals surface area contributed by atoms with E-state index in [2.05, 4.69) is 39.3 Å². The predicted molar refractivity (Wildman–Crippen MR) is 132 cm³/mol. The summed E-state index contributed by atoms with van der Waals surface area (Å²) in [6.45, 7) is 6.61. The van der Waals surface area contributed by atoms with Crippen molar-refractivity contribution in [2.45, 2.75) is 57.5 Å². The average Bonchev–Trinajstić information content (AvgIpc) is 2.82. The first kappa shape index (κ1) is 23.5. The van der Waals surface area contributed by atoms with Gasteiger partial charge < -0.3 is 15.5 Å². The topological polar surface area (TPSA) is 83.0 Å². The summed E-state index contributed by atoms with van der Waals surface area (Å²) >= 11 is 0. The Morgan fingerprint density at radius 3 is 2.54 bits per heavy atom. The lowest BCUT2D eigenvalue weighted by molar-refractivity contribution is -0.145. The zero-order chi connectivity index (χ0) is 24.6. The zero-order valence-corrected chi connectivity index (χ0v) is 20.0. The SMILES string of the molecule is CC(C)N1CCC(Nc2cncc(-c3ccc4cnc(NC(=O)C5CC(F)(F)C5)cc4c3)n2)CC1. The van der Waals surface area contributed by atoms with Crippen LogP contribution in [0.5, 0.6) is 0 Å². The summed E-state index contributed by atoms with van der Waals surface area (Å²) in [4.78, 5) is 28.2. The Morgan fingerprint density at radius 2 is 1.83 bits per heavy atom. The second kappa shape index (κ2) is 9.45. The minimum absolute atomic E-state index is 0.351. The number of alkyl halides is 2. The molecule has 2 aliphatic rings. The van der Waals surface area contributed by atoms with Crippen molar-refractivity contribution in [1.82, 2.24) is 19.9 Å². The highest BCUT2D eigenvalue weighted by atomic mass is 19.3. The Labute approximate surface area is 203 Å². The van der Waals surface area contributed by atoms with Gasteiger partial charge in [-0.2, -0.15) is 0 Å². The molecule has 0 bridgehead atoms. The van der Waals surface area contributed by atoms with Crippen LogP contribution in [0.15, 0.2) is 42.9 Å². The molecule has 7 nitrogen and oxygen atoms in total.